The highest BCUT2D eigenvalue weighted by molar-refractivity contribution is 6.30. The van der Waals surface area contributed by atoms with Crippen LogP contribution in [0.5, 0.6) is 5.75 Å². The van der Waals surface area contributed by atoms with Crippen molar-refractivity contribution in [3.05, 3.63) is 58.4 Å². The number of rotatable bonds is 6. The van der Waals surface area contributed by atoms with Crippen LogP contribution in [0.1, 0.15) is 12.0 Å². The zero-order valence-electron chi connectivity index (χ0n) is 15.7. The third-order valence-corrected chi connectivity index (χ3v) is 5.21. The van der Waals surface area contributed by atoms with Crippen LogP contribution in [0.2, 0.25) is 5.02 Å². The molecular formula is C20H20ClF3N2O4. The van der Waals surface area contributed by atoms with Gasteiger partial charge in [0.1, 0.15) is 35.6 Å². The molecule has 0 bridgehead atoms. The van der Waals surface area contributed by atoms with E-state index in [-0.39, 0.29) is 54.6 Å². The minimum absolute atomic E-state index is 0.0317. The molecule has 1 aliphatic heterocycles. The van der Waals surface area contributed by atoms with Gasteiger partial charge in [0.25, 0.3) is 0 Å². The van der Waals surface area contributed by atoms with Crippen LogP contribution in [0.3, 0.4) is 0 Å². The van der Waals surface area contributed by atoms with Crippen LogP contribution in [-0.2, 0) is 11.2 Å². The summed E-state index contributed by atoms with van der Waals surface area (Å²) in [4.78, 5) is 12.5. The Bertz CT molecular complexity index is 939. The number of piperidine rings is 1. The molecule has 2 aromatic carbocycles. The van der Waals surface area contributed by atoms with E-state index < -0.39 is 35.1 Å². The molecule has 0 aliphatic carbocycles. The highest BCUT2D eigenvalue weighted by atomic mass is 35.5. The number of aliphatic hydroxyl groups excluding tert-OH is 1. The second kappa shape index (κ2) is 8.71. The van der Waals surface area contributed by atoms with Gasteiger partial charge in [0.2, 0.25) is 5.91 Å². The molecule has 0 unspecified atom stereocenters. The number of benzene rings is 2. The summed E-state index contributed by atoms with van der Waals surface area (Å²) < 4.78 is 47.3. The van der Waals surface area contributed by atoms with Crippen LogP contribution in [0.15, 0.2) is 30.3 Å². The third kappa shape index (κ3) is 4.80. The summed E-state index contributed by atoms with van der Waals surface area (Å²) in [5.74, 6) is -2.90. The molecule has 162 valence electrons. The quantitative estimate of drug-likeness (QED) is 0.634. The number of ether oxygens (including phenoxy) is 1. The number of nitrogens with two attached hydrogens (primary N) is 1. The lowest BCUT2D eigenvalue weighted by atomic mass is 9.89. The van der Waals surface area contributed by atoms with Crippen molar-refractivity contribution in [2.75, 3.05) is 24.6 Å². The Morgan fingerprint density at radius 3 is 2.53 bits per heavy atom. The zero-order valence-corrected chi connectivity index (χ0v) is 16.5. The van der Waals surface area contributed by atoms with Crippen molar-refractivity contribution in [1.82, 2.24) is 0 Å². The van der Waals surface area contributed by atoms with Crippen molar-refractivity contribution in [2.24, 2.45) is 5.73 Å². The molecule has 30 heavy (non-hydrogen) atoms. The lowest BCUT2D eigenvalue weighted by molar-refractivity contribution is -0.117. The first-order valence-corrected chi connectivity index (χ1v) is 9.46. The fraction of sp³-hybridized carbons (Fsp3) is 0.350. The molecule has 6 nitrogen and oxygen atoms in total. The maximum absolute atomic E-state index is 14.2. The van der Waals surface area contributed by atoms with Gasteiger partial charge in [-0.1, -0.05) is 11.6 Å². The number of nitrogens with zero attached hydrogens (tertiary/aromatic N) is 1. The number of carbonyl (C=O) groups is 1. The minimum Gasteiger partial charge on any atom is -0.490 e. The number of β-amino-alcohol motifs (C(OH)–C–C–N with tert-alkyl or cyclic N) is 1. The van der Waals surface area contributed by atoms with Gasteiger partial charge in [0, 0.05) is 23.7 Å². The molecule has 2 aromatic rings. The van der Waals surface area contributed by atoms with E-state index >= 15 is 0 Å². The van der Waals surface area contributed by atoms with Gasteiger partial charge in [-0.2, -0.15) is 0 Å². The second-order valence-electron chi connectivity index (χ2n) is 7.22. The Labute approximate surface area is 175 Å². The largest absolute Gasteiger partial charge is 0.490 e. The topological polar surface area (TPSA) is 96.0 Å². The first-order chi connectivity index (χ1) is 14.1. The molecule has 1 aliphatic rings. The van der Waals surface area contributed by atoms with Crippen molar-refractivity contribution >= 4 is 23.2 Å². The number of aliphatic hydroxyl groups is 2. The van der Waals surface area contributed by atoms with Gasteiger partial charge in [-0.15, -0.1) is 0 Å². The first-order valence-electron chi connectivity index (χ1n) is 9.08. The van der Waals surface area contributed by atoms with E-state index in [0.29, 0.717) is 0 Å². The van der Waals surface area contributed by atoms with Crippen molar-refractivity contribution < 1.29 is 32.9 Å². The summed E-state index contributed by atoms with van der Waals surface area (Å²) in [6.45, 7) is -0.609. The first kappa shape index (κ1) is 22.2. The number of carbonyl (C=O) groups excluding carboxylic acids is 1. The fourth-order valence-corrected chi connectivity index (χ4v) is 3.58. The summed E-state index contributed by atoms with van der Waals surface area (Å²) in [6.07, 6.45) is -1.74. The Morgan fingerprint density at radius 2 is 1.93 bits per heavy atom. The number of amides is 1. The van der Waals surface area contributed by atoms with Crippen molar-refractivity contribution in [3.63, 3.8) is 0 Å². The van der Waals surface area contributed by atoms with Crippen LogP contribution in [0, 0.1) is 17.5 Å². The highest BCUT2D eigenvalue weighted by Gasteiger charge is 2.42. The molecule has 4 N–H and O–H groups in total. The van der Waals surface area contributed by atoms with Crippen LogP contribution in [-0.4, -0.2) is 47.5 Å². The Morgan fingerprint density at radius 1 is 1.27 bits per heavy atom. The van der Waals surface area contributed by atoms with Crippen molar-refractivity contribution in [1.29, 1.82) is 0 Å². The number of anilines is 1. The average molecular weight is 445 g/mol. The monoisotopic (exact) mass is 444 g/mol. The lowest BCUT2D eigenvalue weighted by Gasteiger charge is -2.42. The van der Waals surface area contributed by atoms with E-state index in [1.54, 1.807) is 0 Å². The standard InChI is InChI=1S/C20H20ClF3N2O4/c21-12-7-14(23)19(15(24)8-12)26-4-3-20(29,17(27)9-26)10-30-16-2-1-13(22)5-11(16)6-18(25)28/h1-2,5,7-8,17,27,29H,3-4,6,9-10H2,(H2,25,28)/t17-,20-/m1/s1. The Hall–Kier alpha value is -2.49. The molecule has 1 saturated heterocycles. The summed E-state index contributed by atoms with van der Waals surface area (Å²) >= 11 is 5.63. The number of hydrogen-bond donors (Lipinski definition) is 3. The summed E-state index contributed by atoms with van der Waals surface area (Å²) in [7, 11) is 0. The van der Waals surface area contributed by atoms with Crippen LogP contribution in [0.25, 0.3) is 0 Å². The molecule has 1 amide bonds. The predicted molar refractivity (Wildman–Crippen MR) is 104 cm³/mol. The molecule has 2 atom stereocenters. The molecule has 1 fully saturated rings. The van der Waals surface area contributed by atoms with Gasteiger partial charge in [-0.05, 0) is 36.8 Å². The van der Waals surface area contributed by atoms with Gasteiger partial charge in [0.05, 0.1) is 6.42 Å². The van der Waals surface area contributed by atoms with Crippen molar-refractivity contribution in [3.8, 4) is 5.75 Å². The molecule has 1 heterocycles. The summed E-state index contributed by atoms with van der Waals surface area (Å²) in [5, 5.41) is 21.2. The van der Waals surface area contributed by atoms with Gasteiger partial charge in [-0.3, -0.25) is 4.79 Å². The summed E-state index contributed by atoms with van der Waals surface area (Å²) in [6, 6.07) is 5.43. The van der Waals surface area contributed by atoms with Gasteiger partial charge in [-0.25, -0.2) is 13.2 Å². The molecule has 0 saturated carbocycles. The molecule has 0 radical (unpaired) electrons. The normalized spacial score (nSPS) is 21.5. The highest BCUT2D eigenvalue weighted by Crippen LogP contribution is 2.33. The van der Waals surface area contributed by atoms with Gasteiger partial charge in [0.15, 0.2) is 11.6 Å². The van der Waals surface area contributed by atoms with E-state index in [9.17, 15) is 28.2 Å². The summed E-state index contributed by atoms with van der Waals surface area (Å²) in [5.41, 5.74) is 3.28. The van der Waals surface area contributed by atoms with E-state index in [4.69, 9.17) is 22.1 Å². The van der Waals surface area contributed by atoms with E-state index in [2.05, 4.69) is 0 Å². The fourth-order valence-electron chi connectivity index (χ4n) is 3.39. The van der Waals surface area contributed by atoms with Gasteiger partial charge >= 0.3 is 0 Å². The van der Waals surface area contributed by atoms with Crippen LogP contribution < -0.4 is 15.4 Å². The molecule has 3 rings (SSSR count). The van der Waals surface area contributed by atoms with Crippen LogP contribution in [0.4, 0.5) is 18.9 Å². The lowest BCUT2D eigenvalue weighted by Crippen LogP contribution is -2.58. The van der Waals surface area contributed by atoms with Gasteiger partial charge < -0.3 is 25.6 Å². The predicted octanol–water partition coefficient (Wildman–Crippen LogP) is 2.17. The minimum atomic E-state index is -1.73. The maximum Gasteiger partial charge on any atom is 0.221 e. The Kier molecular flexibility index (Phi) is 6.44. The second-order valence-corrected chi connectivity index (χ2v) is 7.65. The van der Waals surface area contributed by atoms with E-state index in [1.807, 2.05) is 0 Å². The molecule has 0 spiro atoms. The van der Waals surface area contributed by atoms with E-state index in [0.717, 1.165) is 24.3 Å². The molecule has 0 aromatic heterocycles. The molecular weight excluding hydrogens is 425 g/mol. The maximum atomic E-state index is 14.2. The number of hydrogen-bond acceptors (Lipinski definition) is 5. The number of primary amides is 1. The Balaban J connectivity index is 1.72. The van der Waals surface area contributed by atoms with Crippen molar-refractivity contribution in [2.45, 2.75) is 24.5 Å². The molecule has 10 heteroatoms. The number of halogens is 4. The zero-order chi connectivity index (χ0) is 22.1. The average Bonchev–Trinajstić information content (AvgIpc) is 2.63. The van der Waals surface area contributed by atoms with E-state index in [1.165, 1.54) is 11.0 Å². The third-order valence-electron chi connectivity index (χ3n) is 4.99. The van der Waals surface area contributed by atoms with Crippen LogP contribution >= 0.6 is 11.6 Å². The smallest absolute Gasteiger partial charge is 0.221 e. The SMILES string of the molecule is NC(=O)Cc1cc(F)ccc1OC[C@]1(O)CCN(c2c(F)cc(Cl)cc2F)C[C@H]1O.